The molecule has 39 heavy (non-hydrogen) atoms. The van der Waals surface area contributed by atoms with E-state index in [2.05, 4.69) is 10.6 Å². The first-order chi connectivity index (χ1) is 19.0. The van der Waals surface area contributed by atoms with E-state index >= 15 is 0 Å². The second kappa shape index (κ2) is 13.8. The molecule has 0 saturated heterocycles. The summed E-state index contributed by atoms with van der Waals surface area (Å²) in [4.78, 5) is 25.7. The maximum Gasteiger partial charge on any atom is 0.328 e. The molecule has 6 nitrogen and oxygen atoms in total. The van der Waals surface area contributed by atoms with E-state index in [1.807, 2.05) is 48.5 Å². The van der Waals surface area contributed by atoms with Crippen LogP contribution < -0.4 is 15.4 Å². The number of anilines is 2. The first kappa shape index (κ1) is 27.4. The summed E-state index contributed by atoms with van der Waals surface area (Å²) in [6, 6.07) is 29.3. The Morgan fingerprint density at radius 1 is 0.846 bits per heavy atom. The molecule has 0 radical (unpaired) electrons. The van der Waals surface area contributed by atoms with Crippen molar-refractivity contribution in [3.8, 4) is 5.75 Å². The average molecular weight is 527 g/mol. The highest BCUT2D eigenvalue weighted by molar-refractivity contribution is 6.12. The van der Waals surface area contributed by atoms with Gasteiger partial charge in [0.15, 0.2) is 5.78 Å². The van der Waals surface area contributed by atoms with Gasteiger partial charge in [0.25, 0.3) is 0 Å². The first-order valence-electron chi connectivity index (χ1n) is 12.8. The highest BCUT2D eigenvalue weighted by Crippen LogP contribution is 2.22. The number of hydrogen-bond acceptors (Lipinski definition) is 6. The number of halogens is 1. The zero-order valence-electron chi connectivity index (χ0n) is 21.7. The van der Waals surface area contributed by atoms with Gasteiger partial charge in [-0.2, -0.15) is 0 Å². The van der Waals surface area contributed by atoms with Gasteiger partial charge in [-0.1, -0.05) is 54.6 Å². The number of esters is 1. The summed E-state index contributed by atoms with van der Waals surface area (Å²) >= 11 is 0. The summed E-state index contributed by atoms with van der Waals surface area (Å²) in [6.07, 6.45) is 1.14. The molecule has 0 aliphatic rings. The van der Waals surface area contributed by atoms with Gasteiger partial charge in [-0.05, 0) is 60.5 Å². The van der Waals surface area contributed by atoms with Crippen molar-refractivity contribution >= 4 is 23.1 Å². The Morgan fingerprint density at radius 2 is 1.54 bits per heavy atom. The van der Waals surface area contributed by atoms with Gasteiger partial charge in [0.2, 0.25) is 0 Å². The Labute approximate surface area is 227 Å². The van der Waals surface area contributed by atoms with E-state index in [9.17, 15) is 14.0 Å². The summed E-state index contributed by atoms with van der Waals surface area (Å²) in [6.45, 7) is 1.22. The highest BCUT2D eigenvalue weighted by atomic mass is 19.1. The van der Waals surface area contributed by atoms with Crippen molar-refractivity contribution in [3.05, 3.63) is 126 Å². The summed E-state index contributed by atoms with van der Waals surface area (Å²) in [5.41, 5.74) is 3.39. The number of benzene rings is 4. The Hall–Kier alpha value is -4.65. The standard InChI is InChI=1S/C32H31FN2O4/c1-38-32(37)30(35-29-11-6-5-10-28(29)31(36)24-8-3-2-4-9-24)22-23-12-18-27(19-13-23)39-21-7-20-34-26-16-14-25(33)15-17-26/h2-6,8-19,30,34-35H,7,20-22H2,1H3/t30-/m0/s1. The third-order valence-corrected chi connectivity index (χ3v) is 6.15. The second-order valence-corrected chi connectivity index (χ2v) is 8.94. The molecule has 0 aliphatic heterocycles. The van der Waals surface area contributed by atoms with Crippen LogP contribution in [0, 0.1) is 5.82 Å². The van der Waals surface area contributed by atoms with E-state index in [1.54, 1.807) is 42.5 Å². The van der Waals surface area contributed by atoms with Gasteiger partial charge >= 0.3 is 5.97 Å². The largest absolute Gasteiger partial charge is 0.494 e. The number of carbonyl (C=O) groups excluding carboxylic acids is 2. The predicted octanol–water partition coefficient (Wildman–Crippen LogP) is 6.13. The number of methoxy groups -OCH3 is 1. The molecular weight excluding hydrogens is 495 g/mol. The lowest BCUT2D eigenvalue weighted by Crippen LogP contribution is -2.33. The fraction of sp³-hybridized carbons (Fsp3) is 0.188. The van der Waals surface area contributed by atoms with E-state index < -0.39 is 12.0 Å². The van der Waals surface area contributed by atoms with Crippen LogP contribution in [-0.4, -0.2) is 38.1 Å². The monoisotopic (exact) mass is 526 g/mol. The molecule has 2 N–H and O–H groups in total. The van der Waals surface area contributed by atoms with E-state index in [4.69, 9.17) is 9.47 Å². The summed E-state index contributed by atoms with van der Waals surface area (Å²) in [7, 11) is 1.35. The molecule has 0 aromatic heterocycles. The van der Waals surface area contributed by atoms with Crippen LogP contribution in [0.5, 0.6) is 5.75 Å². The van der Waals surface area contributed by atoms with Crippen LogP contribution in [-0.2, 0) is 16.0 Å². The summed E-state index contributed by atoms with van der Waals surface area (Å²) < 4.78 is 23.9. The van der Waals surface area contributed by atoms with Crippen LogP contribution >= 0.6 is 0 Å². The average Bonchev–Trinajstić information content (AvgIpc) is 2.98. The third-order valence-electron chi connectivity index (χ3n) is 6.15. The van der Waals surface area contributed by atoms with Crippen molar-refractivity contribution in [2.24, 2.45) is 0 Å². The van der Waals surface area contributed by atoms with E-state index in [0.717, 1.165) is 23.4 Å². The molecule has 0 saturated carbocycles. The Kier molecular flexibility index (Phi) is 9.67. The minimum absolute atomic E-state index is 0.128. The first-order valence-corrected chi connectivity index (χ1v) is 12.8. The van der Waals surface area contributed by atoms with Crippen molar-refractivity contribution in [2.75, 3.05) is 30.9 Å². The highest BCUT2D eigenvalue weighted by Gasteiger charge is 2.22. The van der Waals surface area contributed by atoms with E-state index in [-0.39, 0.29) is 11.6 Å². The SMILES string of the molecule is COC(=O)[C@H](Cc1ccc(OCCCNc2ccc(F)cc2)cc1)Nc1ccccc1C(=O)c1ccccc1. The van der Waals surface area contributed by atoms with Gasteiger partial charge in [0.05, 0.1) is 13.7 Å². The summed E-state index contributed by atoms with van der Waals surface area (Å²) in [5.74, 6) is -0.0893. The van der Waals surface area contributed by atoms with Gasteiger partial charge < -0.3 is 20.1 Å². The lowest BCUT2D eigenvalue weighted by molar-refractivity contribution is -0.141. The number of rotatable bonds is 13. The van der Waals surface area contributed by atoms with Crippen LogP contribution in [0.2, 0.25) is 0 Å². The topological polar surface area (TPSA) is 76.7 Å². The van der Waals surface area contributed by atoms with Gasteiger partial charge in [0, 0.05) is 35.5 Å². The smallest absolute Gasteiger partial charge is 0.328 e. The van der Waals surface area contributed by atoms with Crippen LogP contribution in [0.3, 0.4) is 0 Å². The van der Waals surface area contributed by atoms with Gasteiger partial charge in [-0.3, -0.25) is 4.79 Å². The predicted molar refractivity (Wildman–Crippen MR) is 151 cm³/mol. The lowest BCUT2D eigenvalue weighted by Gasteiger charge is -2.20. The molecule has 4 aromatic carbocycles. The minimum Gasteiger partial charge on any atom is -0.494 e. The second-order valence-electron chi connectivity index (χ2n) is 8.94. The third kappa shape index (κ3) is 7.92. The lowest BCUT2D eigenvalue weighted by atomic mass is 10.00. The number of para-hydroxylation sites is 1. The number of carbonyl (C=O) groups is 2. The maximum atomic E-state index is 13.1. The van der Waals surface area contributed by atoms with Gasteiger partial charge in [-0.25, -0.2) is 9.18 Å². The molecule has 0 amide bonds. The quantitative estimate of drug-likeness (QED) is 0.124. The fourth-order valence-corrected chi connectivity index (χ4v) is 4.10. The molecular formula is C32H31FN2O4. The molecule has 200 valence electrons. The molecule has 0 aliphatic carbocycles. The number of hydrogen-bond donors (Lipinski definition) is 2. The van der Waals surface area contributed by atoms with Gasteiger partial charge in [-0.15, -0.1) is 0 Å². The Balaban J connectivity index is 1.34. The Bertz CT molecular complexity index is 1360. The summed E-state index contributed by atoms with van der Waals surface area (Å²) in [5, 5.41) is 6.45. The van der Waals surface area contributed by atoms with E-state index in [0.29, 0.717) is 36.4 Å². The molecule has 4 aromatic rings. The van der Waals surface area contributed by atoms with Crippen molar-refractivity contribution in [1.82, 2.24) is 0 Å². The van der Waals surface area contributed by atoms with Crippen LogP contribution in [0.1, 0.15) is 27.9 Å². The van der Waals surface area contributed by atoms with Crippen LogP contribution in [0.25, 0.3) is 0 Å². The zero-order chi connectivity index (χ0) is 27.5. The van der Waals surface area contributed by atoms with Crippen molar-refractivity contribution in [3.63, 3.8) is 0 Å². The van der Waals surface area contributed by atoms with Crippen molar-refractivity contribution in [1.29, 1.82) is 0 Å². The molecule has 4 rings (SSSR count). The molecule has 0 spiro atoms. The number of ether oxygens (including phenoxy) is 2. The molecule has 1 atom stereocenters. The van der Waals surface area contributed by atoms with Crippen molar-refractivity contribution in [2.45, 2.75) is 18.9 Å². The van der Waals surface area contributed by atoms with Crippen LogP contribution in [0.15, 0.2) is 103 Å². The van der Waals surface area contributed by atoms with Crippen LogP contribution in [0.4, 0.5) is 15.8 Å². The minimum atomic E-state index is -0.691. The van der Waals surface area contributed by atoms with Crippen molar-refractivity contribution < 1.29 is 23.5 Å². The molecule has 0 unspecified atom stereocenters. The number of nitrogens with one attached hydrogen (secondary N) is 2. The molecule has 0 heterocycles. The van der Waals surface area contributed by atoms with E-state index in [1.165, 1.54) is 19.2 Å². The van der Waals surface area contributed by atoms with Gasteiger partial charge in [0.1, 0.15) is 17.6 Å². The Morgan fingerprint density at radius 3 is 2.26 bits per heavy atom. The fourth-order valence-electron chi connectivity index (χ4n) is 4.10. The number of ketones is 1. The zero-order valence-corrected chi connectivity index (χ0v) is 21.7. The molecule has 7 heteroatoms. The molecule has 0 bridgehead atoms. The maximum absolute atomic E-state index is 13.1. The molecule has 0 fully saturated rings. The normalized spacial score (nSPS) is 11.3.